The molecule has 0 spiro atoms. The van der Waals surface area contributed by atoms with Crippen molar-refractivity contribution < 1.29 is 14.8 Å². The molecule has 0 aliphatic heterocycles. The normalized spacial score (nSPS) is 12.9. The SMILES string of the molecule is C=C(NC(C)c1ccc([N+](=O)[O-])cc1)c1ccc(C(C)C(C)Cc2ccc(-c3ccccc3C(=O)O)cc2)c(C(C)=C(C)C)c1. The highest BCUT2D eigenvalue weighted by Gasteiger charge is 2.21. The molecule has 0 aliphatic rings. The molecule has 0 radical (unpaired) electrons. The molecule has 0 heterocycles. The van der Waals surface area contributed by atoms with Crippen molar-refractivity contribution in [2.24, 2.45) is 5.92 Å². The first-order chi connectivity index (χ1) is 21.4. The third kappa shape index (κ3) is 7.76. The first kappa shape index (κ1) is 32.9. The number of hydrogen-bond acceptors (Lipinski definition) is 4. The summed E-state index contributed by atoms with van der Waals surface area (Å²) in [6.07, 6.45) is 0.887. The number of nitro benzene ring substituents is 1. The second kappa shape index (κ2) is 14.2. The number of nitro groups is 1. The van der Waals surface area contributed by atoms with Crippen LogP contribution < -0.4 is 5.32 Å². The first-order valence-corrected chi connectivity index (χ1v) is 15.3. The average Bonchev–Trinajstić information content (AvgIpc) is 3.04. The molecule has 6 nitrogen and oxygen atoms in total. The number of carbonyl (C=O) groups is 1. The molecule has 3 unspecified atom stereocenters. The molecular formula is C39H42N2O4. The maximum atomic E-state index is 11.7. The van der Waals surface area contributed by atoms with Crippen LogP contribution in [0.15, 0.2) is 103 Å². The molecule has 0 aromatic heterocycles. The van der Waals surface area contributed by atoms with Gasteiger partial charge < -0.3 is 10.4 Å². The van der Waals surface area contributed by atoms with E-state index in [2.05, 4.69) is 76.8 Å². The molecule has 232 valence electrons. The van der Waals surface area contributed by atoms with Crippen LogP contribution in [0.5, 0.6) is 0 Å². The molecule has 4 aromatic carbocycles. The van der Waals surface area contributed by atoms with E-state index >= 15 is 0 Å². The lowest BCUT2D eigenvalue weighted by Gasteiger charge is -2.25. The largest absolute Gasteiger partial charge is 0.478 e. The molecule has 45 heavy (non-hydrogen) atoms. The average molecular weight is 603 g/mol. The topological polar surface area (TPSA) is 92.5 Å². The molecule has 3 atom stereocenters. The minimum absolute atomic E-state index is 0.0732. The van der Waals surface area contributed by atoms with Gasteiger partial charge >= 0.3 is 5.97 Å². The number of nitrogens with one attached hydrogen (secondary N) is 1. The van der Waals surface area contributed by atoms with Gasteiger partial charge in [-0.1, -0.05) is 92.7 Å². The Balaban J connectivity index is 1.53. The summed E-state index contributed by atoms with van der Waals surface area (Å²) in [6, 6.07) is 28.4. The first-order valence-electron chi connectivity index (χ1n) is 15.3. The molecule has 2 N–H and O–H groups in total. The van der Waals surface area contributed by atoms with Crippen molar-refractivity contribution in [1.82, 2.24) is 5.32 Å². The van der Waals surface area contributed by atoms with Gasteiger partial charge in [0.15, 0.2) is 0 Å². The van der Waals surface area contributed by atoms with Gasteiger partial charge in [-0.15, -0.1) is 0 Å². The predicted molar refractivity (Wildman–Crippen MR) is 184 cm³/mol. The quantitative estimate of drug-likeness (QED) is 0.124. The van der Waals surface area contributed by atoms with Crippen molar-refractivity contribution in [1.29, 1.82) is 0 Å². The summed E-state index contributed by atoms with van der Waals surface area (Å²) >= 11 is 0. The van der Waals surface area contributed by atoms with Gasteiger partial charge in [-0.05, 0) is 103 Å². The van der Waals surface area contributed by atoms with Gasteiger partial charge in [-0.25, -0.2) is 4.79 Å². The zero-order valence-electron chi connectivity index (χ0n) is 26.9. The standard InChI is InChI=1S/C39H42N2O4/c1-24(2)26(4)38-23-33(29(7)40-28(6)31-16-19-34(20-17-31)41(44)45)18-21-35(38)27(5)25(3)22-30-12-14-32(15-13-30)36-10-8-9-11-37(36)39(42)43/h8-21,23,25,27-28,40H,7,22H2,1-6H3,(H,42,43). The maximum Gasteiger partial charge on any atom is 0.336 e. The highest BCUT2D eigenvalue weighted by Crippen LogP contribution is 2.36. The van der Waals surface area contributed by atoms with Gasteiger partial charge in [0.1, 0.15) is 0 Å². The van der Waals surface area contributed by atoms with E-state index in [1.807, 2.05) is 31.2 Å². The van der Waals surface area contributed by atoms with E-state index in [-0.39, 0.29) is 17.6 Å². The van der Waals surface area contributed by atoms with Crippen molar-refractivity contribution in [2.45, 2.75) is 59.9 Å². The Morgan fingerprint density at radius 1 is 0.889 bits per heavy atom. The molecule has 0 saturated carbocycles. The van der Waals surface area contributed by atoms with Crippen LogP contribution in [0.4, 0.5) is 5.69 Å². The molecular weight excluding hydrogens is 560 g/mol. The predicted octanol–water partition coefficient (Wildman–Crippen LogP) is 10.1. The second-order valence-electron chi connectivity index (χ2n) is 12.1. The monoisotopic (exact) mass is 602 g/mol. The lowest BCUT2D eigenvalue weighted by Crippen LogP contribution is -2.17. The van der Waals surface area contributed by atoms with E-state index in [1.54, 1.807) is 24.3 Å². The number of carboxylic acid groups (broad SMARTS) is 1. The van der Waals surface area contributed by atoms with E-state index in [9.17, 15) is 20.0 Å². The van der Waals surface area contributed by atoms with Crippen LogP contribution >= 0.6 is 0 Å². The molecule has 0 bridgehead atoms. The van der Waals surface area contributed by atoms with Crippen LogP contribution in [0, 0.1) is 16.0 Å². The van der Waals surface area contributed by atoms with Crippen molar-refractivity contribution >= 4 is 22.9 Å². The third-order valence-electron chi connectivity index (χ3n) is 8.87. The molecule has 4 aromatic rings. The van der Waals surface area contributed by atoms with Crippen LogP contribution in [0.25, 0.3) is 22.4 Å². The molecule has 0 saturated heterocycles. The molecule has 4 rings (SSSR count). The zero-order valence-corrected chi connectivity index (χ0v) is 26.9. The number of benzene rings is 4. The van der Waals surface area contributed by atoms with Crippen molar-refractivity contribution in [3.05, 3.63) is 147 Å². The highest BCUT2D eigenvalue weighted by atomic mass is 16.6. The van der Waals surface area contributed by atoms with Crippen molar-refractivity contribution in [3.63, 3.8) is 0 Å². The Kier molecular flexibility index (Phi) is 10.4. The number of hydrogen-bond donors (Lipinski definition) is 2. The summed E-state index contributed by atoms with van der Waals surface area (Å²) in [5, 5.41) is 24.1. The molecule has 0 fully saturated rings. The smallest absolute Gasteiger partial charge is 0.336 e. The van der Waals surface area contributed by atoms with Crippen LogP contribution in [0.1, 0.15) is 91.7 Å². The Hall–Kier alpha value is -4.97. The minimum atomic E-state index is -0.927. The summed E-state index contributed by atoms with van der Waals surface area (Å²) in [5.74, 6) is -0.305. The Morgan fingerprint density at radius 2 is 1.53 bits per heavy atom. The number of rotatable bonds is 12. The van der Waals surface area contributed by atoms with Gasteiger partial charge in [0.2, 0.25) is 0 Å². The fraction of sp³-hybridized carbons (Fsp3) is 0.256. The van der Waals surface area contributed by atoms with Crippen LogP contribution in [0.3, 0.4) is 0 Å². The van der Waals surface area contributed by atoms with E-state index in [0.29, 0.717) is 11.5 Å². The summed E-state index contributed by atoms with van der Waals surface area (Å²) < 4.78 is 0. The number of nitrogens with zero attached hydrogens (tertiary/aromatic N) is 1. The van der Waals surface area contributed by atoms with Crippen molar-refractivity contribution in [3.8, 4) is 11.1 Å². The summed E-state index contributed by atoms with van der Waals surface area (Å²) in [4.78, 5) is 22.3. The lowest BCUT2D eigenvalue weighted by atomic mass is 9.80. The van der Waals surface area contributed by atoms with Gasteiger partial charge in [-0.3, -0.25) is 10.1 Å². The Morgan fingerprint density at radius 3 is 2.13 bits per heavy atom. The van der Waals surface area contributed by atoms with E-state index in [1.165, 1.54) is 40.0 Å². The highest BCUT2D eigenvalue weighted by molar-refractivity contribution is 5.96. The van der Waals surface area contributed by atoms with Crippen LogP contribution in [-0.2, 0) is 6.42 Å². The number of allylic oxidation sites excluding steroid dienone is 2. The fourth-order valence-electron chi connectivity index (χ4n) is 5.64. The number of non-ortho nitro benzene ring substituents is 1. The van der Waals surface area contributed by atoms with Gasteiger partial charge in [0.05, 0.1) is 10.5 Å². The van der Waals surface area contributed by atoms with E-state index in [0.717, 1.165) is 34.4 Å². The lowest BCUT2D eigenvalue weighted by molar-refractivity contribution is -0.384. The second-order valence-corrected chi connectivity index (χ2v) is 12.1. The molecule has 0 amide bonds. The molecule has 0 aliphatic carbocycles. The summed E-state index contributed by atoms with van der Waals surface area (Å²) in [5.41, 5.74) is 10.9. The van der Waals surface area contributed by atoms with Crippen LogP contribution in [-0.4, -0.2) is 16.0 Å². The van der Waals surface area contributed by atoms with E-state index < -0.39 is 10.9 Å². The van der Waals surface area contributed by atoms with Crippen molar-refractivity contribution in [2.75, 3.05) is 0 Å². The van der Waals surface area contributed by atoms with Gasteiger partial charge in [0, 0.05) is 23.9 Å². The number of carboxylic acids is 1. The Bertz CT molecular complexity index is 1730. The van der Waals surface area contributed by atoms with Gasteiger partial charge in [0.25, 0.3) is 5.69 Å². The van der Waals surface area contributed by atoms with Crippen LogP contribution in [0.2, 0.25) is 0 Å². The number of aromatic carboxylic acids is 1. The molecule has 6 heteroatoms. The maximum absolute atomic E-state index is 11.7. The van der Waals surface area contributed by atoms with E-state index in [4.69, 9.17) is 0 Å². The fourth-order valence-corrected chi connectivity index (χ4v) is 5.64. The zero-order chi connectivity index (χ0) is 32.8. The van der Waals surface area contributed by atoms with Gasteiger partial charge in [-0.2, -0.15) is 0 Å². The summed E-state index contributed by atoms with van der Waals surface area (Å²) in [7, 11) is 0. The Labute approximate surface area is 266 Å². The third-order valence-corrected chi connectivity index (χ3v) is 8.87. The minimum Gasteiger partial charge on any atom is -0.478 e. The summed E-state index contributed by atoms with van der Waals surface area (Å²) in [6.45, 7) is 17.3.